The zero-order chi connectivity index (χ0) is 19.2. The van der Waals surface area contributed by atoms with Gasteiger partial charge in [-0.05, 0) is 48.4 Å². The summed E-state index contributed by atoms with van der Waals surface area (Å²) in [6, 6.07) is 13.5. The van der Waals surface area contributed by atoms with Crippen molar-refractivity contribution in [3.63, 3.8) is 0 Å². The molecule has 27 heavy (non-hydrogen) atoms. The molecule has 0 aliphatic carbocycles. The number of benzene rings is 2. The first-order valence-corrected chi connectivity index (χ1v) is 8.94. The summed E-state index contributed by atoms with van der Waals surface area (Å²) in [5.41, 5.74) is 12.7. The number of hydrogen-bond acceptors (Lipinski definition) is 5. The monoisotopic (exact) mass is 368 g/mol. The third-order valence-electron chi connectivity index (χ3n) is 4.50. The van der Waals surface area contributed by atoms with Gasteiger partial charge in [-0.3, -0.25) is 9.59 Å². The van der Waals surface area contributed by atoms with Crippen LogP contribution in [-0.4, -0.2) is 48.9 Å². The molecule has 2 amide bonds. The van der Waals surface area contributed by atoms with Gasteiger partial charge in [0, 0.05) is 31.7 Å². The van der Waals surface area contributed by atoms with Gasteiger partial charge in [-0.2, -0.15) is 0 Å². The molecule has 1 unspecified atom stereocenters. The normalized spacial score (nSPS) is 15.2. The zero-order valence-electron chi connectivity index (χ0n) is 15.1. The van der Waals surface area contributed by atoms with Gasteiger partial charge in [-0.25, -0.2) is 0 Å². The number of nitrogens with zero attached hydrogens (tertiary/aromatic N) is 1. The maximum absolute atomic E-state index is 12.4. The lowest BCUT2D eigenvalue weighted by molar-refractivity contribution is -0.133. The molecule has 1 atom stereocenters. The Bertz CT molecular complexity index is 784. The fraction of sp³-hybridized carbons (Fsp3) is 0.300. The molecule has 0 bridgehead atoms. The number of ether oxygens (including phenoxy) is 1. The lowest BCUT2D eigenvalue weighted by Gasteiger charge is -2.29. The molecule has 1 heterocycles. The summed E-state index contributed by atoms with van der Waals surface area (Å²) in [6.07, 6.45) is 0.482. The highest BCUT2D eigenvalue weighted by Crippen LogP contribution is 2.22. The molecule has 2 aromatic carbocycles. The van der Waals surface area contributed by atoms with E-state index < -0.39 is 11.9 Å². The Morgan fingerprint density at radius 2 is 1.56 bits per heavy atom. The average molecular weight is 368 g/mol. The molecule has 2 aromatic rings. The predicted molar refractivity (Wildman–Crippen MR) is 103 cm³/mol. The topological polar surface area (TPSA) is 111 Å². The second-order valence-corrected chi connectivity index (χ2v) is 6.52. The van der Waals surface area contributed by atoms with Gasteiger partial charge in [0.2, 0.25) is 11.8 Å². The van der Waals surface area contributed by atoms with Crippen LogP contribution in [0.5, 0.6) is 11.5 Å². The van der Waals surface area contributed by atoms with Crippen LogP contribution < -0.4 is 21.5 Å². The van der Waals surface area contributed by atoms with Crippen LogP contribution in [0.2, 0.25) is 0 Å². The lowest BCUT2D eigenvalue weighted by atomic mass is 10.1. The van der Waals surface area contributed by atoms with Crippen molar-refractivity contribution < 1.29 is 14.3 Å². The van der Waals surface area contributed by atoms with E-state index in [0.29, 0.717) is 36.6 Å². The zero-order valence-corrected chi connectivity index (χ0v) is 15.1. The van der Waals surface area contributed by atoms with Crippen LogP contribution in [0.15, 0.2) is 48.5 Å². The SMILES string of the molecule is NC(=O)c1ccc(Oc2ccc(CC(N)C(=O)N3CCNCC3)cc2)cc1. The van der Waals surface area contributed by atoms with E-state index in [-0.39, 0.29) is 5.91 Å². The van der Waals surface area contributed by atoms with Gasteiger partial charge in [0.15, 0.2) is 0 Å². The van der Waals surface area contributed by atoms with Crippen LogP contribution in [0, 0.1) is 0 Å². The van der Waals surface area contributed by atoms with E-state index in [9.17, 15) is 9.59 Å². The number of amides is 2. The summed E-state index contributed by atoms with van der Waals surface area (Å²) >= 11 is 0. The number of carbonyl (C=O) groups excluding carboxylic acids is 2. The van der Waals surface area contributed by atoms with Crippen molar-refractivity contribution in [2.75, 3.05) is 26.2 Å². The van der Waals surface area contributed by atoms with Gasteiger partial charge < -0.3 is 26.4 Å². The van der Waals surface area contributed by atoms with E-state index in [1.807, 2.05) is 29.2 Å². The Morgan fingerprint density at radius 1 is 1.00 bits per heavy atom. The second-order valence-electron chi connectivity index (χ2n) is 6.52. The fourth-order valence-corrected chi connectivity index (χ4v) is 2.98. The molecule has 0 radical (unpaired) electrons. The molecule has 1 fully saturated rings. The van der Waals surface area contributed by atoms with Gasteiger partial charge in [0.25, 0.3) is 0 Å². The minimum Gasteiger partial charge on any atom is -0.457 e. The van der Waals surface area contributed by atoms with Crippen LogP contribution in [0.1, 0.15) is 15.9 Å². The van der Waals surface area contributed by atoms with Crippen molar-refractivity contribution in [3.05, 3.63) is 59.7 Å². The summed E-state index contributed by atoms with van der Waals surface area (Å²) in [5, 5.41) is 3.22. The molecule has 7 nitrogen and oxygen atoms in total. The molecular weight excluding hydrogens is 344 g/mol. The van der Waals surface area contributed by atoms with E-state index in [1.54, 1.807) is 24.3 Å². The summed E-state index contributed by atoms with van der Waals surface area (Å²) in [6.45, 7) is 3.03. The van der Waals surface area contributed by atoms with Crippen LogP contribution in [0.3, 0.4) is 0 Å². The van der Waals surface area contributed by atoms with Gasteiger partial charge in [0.1, 0.15) is 11.5 Å². The summed E-state index contributed by atoms with van der Waals surface area (Å²) in [7, 11) is 0. The van der Waals surface area contributed by atoms with Crippen molar-refractivity contribution in [3.8, 4) is 11.5 Å². The van der Waals surface area contributed by atoms with Gasteiger partial charge >= 0.3 is 0 Å². The summed E-state index contributed by atoms with van der Waals surface area (Å²) in [4.78, 5) is 25.3. The number of rotatable bonds is 6. The first kappa shape index (κ1) is 18.9. The lowest BCUT2D eigenvalue weighted by Crippen LogP contribution is -2.52. The van der Waals surface area contributed by atoms with Gasteiger partial charge in [0.05, 0.1) is 6.04 Å². The molecule has 142 valence electrons. The molecule has 0 spiro atoms. The van der Waals surface area contributed by atoms with Crippen LogP contribution >= 0.6 is 0 Å². The molecule has 1 aliphatic rings. The first-order chi connectivity index (χ1) is 13.0. The van der Waals surface area contributed by atoms with Crippen molar-refractivity contribution in [1.82, 2.24) is 10.2 Å². The quantitative estimate of drug-likeness (QED) is 0.701. The number of nitrogens with two attached hydrogens (primary N) is 2. The van der Waals surface area contributed by atoms with E-state index in [2.05, 4.69) is 5.32 Å². The Hall–Kier alpha value is -2.90. The van der Waals surface area contributed by atoms with Gasteiger partial charge in [-0.1, -0.05) is 12.1 Å². The Morgan fingerprint density at radius 3 is 2.11 bits per heavy atom. The van der Waals surface area contributed by atoms with E-state index in [0.717, 1.165) is 18.7 Å². The third kappa shape index (κ3) is 5.06. The molecule has 3 rings (SSSR count). The number of nitrogens with one attached hydrogen (secondary N) is 1. The predicted octanol–water partition coefficient (Wildman–Crippen LogP) is 0.879. The van der Waals surface area contributed by atoms with Crippen molar-refractivity contribution in [1.29, 1.82) is 0 Å². The Kier molecular flexibility index (Phi) is 6.05. The number of primary amides is 1. The number of piperazine rings is 1. The van der Waals surface area contributed by atoms with E-state index in [4.69, 9.17) is 16.2 Å². The highest BCUT2D eigenvalue weighted by atomic mass is 16.5. The maximum Gasteiger partial charge on any atom is 0.248 e. The largest absolute Gasteiger partial charge is 0.457 e. The van der Waals surface area contributed by atoms with Crippen LogP contribution in [0.25, 0.3) is 0 Å². The smallest absolute Gasteiger partial charge is 0.248 e. The molecule has 0 saturated carbocycles. The third-order valence-corrected chi connectivity index (χ3v) is 4.50. The summed E-state index contributed by atoms with van der Waals surface area (Å²) in [5.74, 6) is 0.787. The minimum atomic E-state index is -0.545. The van der Waals surface area contributed by atoms with Crippen LogP contribution in [0.4, 0.5) is 0 Å². The molecule has 1 saturated heterocycles. The first-order valence-electron chi connectivity index (χ1n) is 8.94. The van der Waals surface area contributed by atoms with Crippen LogP contribution in [-0.2, 0) is 11.2 Å². The molecule has 0 aromatic heterocycles. The number of carbonyl (C=O) groups is 2. The highest BCUT2D eigenvalue weighted by Gasteiger charge is 2.22. The number of hydrogen-bond donors (Lipinski definition) is 3. The Labute approximate surface area is 158 Å². The van der Waals surface area contributed by atoms with E-state index in [1.165, 1.54) is 0 Å². The molecular formula is C20H24N4O3. The fourth-order valence-electron chi connectivity index (χ4n) is 2.98. The van der Waals surface area contributed by atoms with Crippen molar-refractivity contribution >= 4 is 11.8 Å². The highest BCUT2D eigenvalue weighted by molar-refractivity contribution is 5.92. The molecule has 7 heteroatoms. The van der Waals surface area contributed by atoms with Crippen molar-refractivity contribution in [2.45, 2.75) is 12.5 Å². The van der Waals surface area contributed by atoms with Gasteiger partial charge in [-0.15, -0.1) is 0 Å². The minimum absolute atomic E-state index is 0.00799. The summed E-state index contributed by atoms with van der Waals surface area (Å²) < 4.78 is 5.75. The Balaban J connectivity index is 1.56. The standard InChI is InChI=1S/C20H24N4O3/c21-18(20(26)24-11-9-23-10-12-24)13-14-1-5-16(6-2-14)27-17-7-3-15(4-8-17)19(22)25/h1-8,18,23H,9-13,21H2,(H2,22,25). The maximum atomic E-state index is 12.4. The van der Waals surface area contributed by atoms with E-state index >= 15 is 0 Å². The average Bonchev–Trinajstić information content (AvgIpc) is 2.70. The molecule has 5 N–H and O–H groups in total. The molecule has 1 aliphatic heterocycles. The van der Waals surface area contributed by atoms with Crippen molar-refractivity contribution in [2.24, 2.45) is 11.5 Å². The second kappa shape index (κ2) is 8.66.